The lowest BCUT2D eigenvalue weighted by molar-refractivity contribution is 0.102. The van der Waals surface area contributed by atoms with Gasteiger partial charge in [0, 0.05) is 20.7 Å². The van der Waals surface area contributed by atoms with E-state index in [1.807, 2.05) is 25.1 Å². The molecule has 4 heteroatoms. The van der Waals surface area contributed by atoms with Crippen molar-refractivity contribution < 1.29 is 4.79 Å². The third kappa shape index (κ3) is 2.92. The lowest BCUT2D eigenvalue weighted by Gasteiger charge is -2.09. The third-order valence-corrected chi connectivity index (χ3v) is 3.70. The van der Waals surface area contributed by atoms with Crippen molar-refractivity contribution in [2.75, 3.05) is 5.32 Å². The molecule has 0 saturated heterocycles. The van der Waals surface area contributed by atoms with Gasteiger partial charge >= 0.3 is 0 Å². The topological polar surface area (TPSA) is 29.1 Å². The van der Waals surface area contributed by atoms with Crippen LogP contribution in [0.4, 0.5) is 5.69 Å². The first-order chi connectivity index (χ1) is 8.58. The van der Waals surface area contributed by atoms with Crippen LogP contribution in [-0.2, 0) is 0 Å². The Balaban J connectivity index is 2.24. The van der Waals surface area contributed by atoms with Crippen molar-refractivity contribution in [3.05, 3.63) is 63.1 Å². The first-order valence-corrected chi connectivity index (χ1v) is 6.57. The van der Waals surface area contributed by atoms with Crippen molar-refractivity contribution in [2.24, 2.45) is 0 Å². The van der Waals surface area contributed by atoms with E-state index in [0.29, 0.717) is 10.6 Å². The van der Waals surface area contributed by atoms with Gasteiger partial charge in [-0.2, -0.15) is 0 Å². The summed E-state index contributed by atoms with van der Waals surface area (Å²) in [6, 6.07) is 12.5. The number of rotatable bonds is 2. The molecular weight excluding hydrogens is 314 g/mol. The highest BCUT2D eigenvalue weighted by atomic mass is 79.9. The van der Waals surface area contributed by atoms with Gasteiger partial charge in [-0.05, 0) is 42.8 Å². The fourth-order valence-electron chi connectivity index (χ4n) is 1.57. The average molecular weight is 325 g/mol. The van der Waals surface area contributed by atoms with E-state index in [9.17, 15) is 4.79 Å². The van der Waals surface area contributed by atoms with Gasteiger partial charge in [-0.15, -0.1) is 0 Å². The summed E-state index contributed by atoms with van der Waals surface area (Å²) in [5.41, 5.74) is 2.32. The van der Waals surface area contributed by atoms with Gasteiger partial charge < -0.3 is 5.32 Å². The highest BCUT2D eigenvalue weighted by Gasteiger charge is 2.08. The number of carbonyl (C=O) groups excluding carboxylic acids is 1. The standard InChI is InChI=1S/C14H11BrClNO/c1-9-12(15)6-3-7-13(9)17-14(18)10-4-2-5-11(16)8-10/h2-8H,1H3,(H,17,18). The maximum Gasteiger partial charge on any atom is 0.255 e. The van der Waals surface area contributed by atoms with Gasteiger partial charge in [0.1, 0.15) is 0 Å². The molecule has 0 spiro atoms. The predicted molar refractivity (Wildman–Crippen MR) is 78.3 cm³/mol. The van der Waals surface area contributed by atoms with E-state index < -0.39 is 0 Å². The lowest BCUT2D eigenvalue weighted by atomic mass is 10.1. The number of hydrogen-bond donors (Lipinski definition) is 1. The summed E-state index contributed by atoms with van der Waals surface area (Å²) in [4.78, 5) is 12.0. The minimum Gasteiger partial charge on any atom is -0.322 e. The van der Waals surface area contributed by atoms with Crippen molar-refractivity contribution in [1.82, 2.24) is 0 Å². The van der Waals surface area contributed by atoms with Crippen molar-refractivity contribution in [1.29, 1.82) is 0 Å². The van der Waals surface area contributed by atoms with Crippen LogP contribution in [0, 0.1) is 6.92 Å². The van der Waals surface area contributed by atoms with Crippen molar-refractivity contribution >= 4 is 39.1 Å². The van der Waals surface area contributed by atoms with Crippen LogP contribution < -0.4 is 5.32 Å². The van der Waals surface area contributed by atoms with E-state index >= 15 is 0 Å². The number of hydrogen-bond acceptors (Lipinski definition) is 1. The zero-order chi connectivity index (χ0) is 13.1. The van der Waals surface area contributed by atoms with E-state index in [-0.39, 0.29) is 5.91 Å². The van der Waals surface area contributed by atoms with Gasteiger partial charge in [0.05, 0.1) is 0 Å². The molecule has 1 N–H and O–H groups in total. The summed E-state index contributed by atoms with van der Waals surface area (Å²) in [6.07, 6.45) is 0. The van der Waals surface area contributed by atoms with Crippen molar-refractivity contribution in [3.8, 4) is 0 Å². The number of halogens is 2. The summed E-state index contributed by atoms with van der Waals surface area (Å²) in [5, 5.41) is 3.42. The molecule has 0 saturated carbocycles. The number of amides is 1. The molecule has 0 atom stereocenters. The molecule has 2 rings (SSSR count). The number of nitrogens with one attached hydrogen (secondary N) is 1. The summed E-state index contributed by atoms with van der Waals surface area (Å²) in [6.45, 7) is 1.94. The molecule has 18 heavy (non-hydrogen) atoms. The molecule has 0 bridgehead atoms. The Labute approximate surface area is 119 Å². The molecule has 1 amide bonds. The smallest absolute Gasteiger partial charge is 0.255 e. The molecule has 0 heterocycles. The van der Waals surface area contributed by atoms with Crippen molar-refractivity contribution in [2.45, 2.75) is 6.92 Å². The zero-order valence-electron chi connectivity index (χ0n) is 9.71. The molecule has 0 aromatic heterocycles. The van der Waals surface area contributed by atoms with Gasteiger partial charge in [0.2, 0.25) is 0 Å². The van der Waals surface area contributed by atoms with Gasteiger partial charge in [-0.25, -0.2) is 0 Å². The Kier molecular flexibility index (Phi) is 4.04. The number of carbonyl (C=O) groups is 1. The molecule has 92 valence electrons. The zero-order valence-corrected chi connectivity index (χ0v) is 12.0. The summed E-state index contributed by atoms with van der Waals surface area (Å²) < 4.78 is 0.964. The maximum atomic E-state index is 12.0. The normalized spacial score (nSPS) is 10.2. The molecular formula is C14H11BrClNO. The largest absolute Gasteiger partial charge is 0.322 e. The van der Waals surface area contributed by atoms with Gasteiger partial charge in [-0.1, -0.05) is 39.7 Å². The second-order valence-corrected chi connectivity index (χ2v) is 5.17. The van der Waals surface area contributed by atoms with Crippen molar-refractivity contribution in [3.63, 3.8) is 0 Å². The predicted octanol–water partition coefficient (Wildman–Crippen LogP) is 4.66. The van der Waals surface area contributed by atoms with E-state index in [2.05, 4.69) is 21.2 Å². The molecule has 2 aromatic rings. The lowest BCUT2D eigenvalue weighted by Crippen LogP contribution is -2.12. The summed E-state index contributed by atoms with van der Waals surface area (Å²) in [7, 11) is 0. The molecule has 0 aliphatic carbocycles. The van der Waals surface area contributed by atoms with Crippen LogP contribution in [0.3, 0.4) is 0 Å². The molecule has 2 nitrogen and oxygen atoms in total. The quantitative estimate of drug-likeness (QED) is 0.855. The van der Waals surface area contributed by atoms with E-state index in [4.69, 9.17) is 11.6 Å². The van der Waals surface area contributed by atoms with Crippen LogP contribution in [0.1, 0.15) is 15.9 Å². The SMILES string of the molecule is Cc1c(Br)cccc1NC(=O)c1cccc(Cl)c1. The van der Waals surface area contributed by atoms with Crippen LogP contribution in [0.25, 0.3) is 0 Å². The van der Waals surface area contributed by atoms with E-state index in [1.165, 1.54) is 0 Å². The van der Waals surface area contributed by atoms with Gasteiger partial charge in [0.25, 0.3) is 5.91 Å². The number of benzene rings is 2. The Hall–Kier alpha value is -1.32. The number of anilines is 1. The monoisotopic (exact) mass is 323 g/mol. The second kappa shape index (κ2) is 5.55. The molecule has 0 aliphatic heterocycles. The summed E-state index contributed by atoms with van der Waals surface area (Å²) >= 11 is 9.29. The maximum absolute atomic E-state index is 12.0. The Morgan fingerprint density at radius 3 is 2.67 bits per heavy atom. The molecule has 0 radical (unpaired) electrons. The summed E-state index contributed by atoms with van der Waals surface area (Å²) in [5.74, 6) is -0.168. The molecule has 0 unspecified atom stereocenters. The van der Waals surface area contributed by atoms with Crippen LogP contribution >= 0.6 is 27.5 Å². The average Bonchev–Trinajstić information content (AvgIpc) is 2.35. The van der Waals surface area contributed by atoms with E-state index in [0.717, 1.165) is 15.7 Å². The third-order valence-electron chi connectivity index (χ3n) is 2.60. The molecule has 2 aromatic carbocycles. The van der Waals surface area contributed by atoms with Crippen LogP contribution in [-0.4, -0.2) is 5.91 Å². The highest BCUT2D eigenvalue weighted by molar-refractivity contribution is 9.10. The van der Waals surface area contributed by atoms with Crippen LogP contribution in [0.15, 0.2) is 46.9 Å². The van der Waals surface area contributed by atoms with Gasteiger partial charge in [0.15, 0.2) is 0 Å². The Morgan fingerprint density at radius 2 is 1.94 bits per heavy atom. The Morgan fingerprint density at radius 1 is 1.22 bits per heavy atom. The van der Waals surface area contributed by atoms with Crippen LogP contribution in [0.5, 0.6) is 0 Å². The fraction of sp³-hybridized carbons (Fsp3) is 0.0714. The fourth-order valence-corrected chi connectivity index (χ4v) is 2.12. The minimum atomic E-state index is -0.168. The van der Waals surface area contributed by atoms with Gasteiger partial charge in [-0.3, -0.25) is 4.79 Å². The highest BCUT2D eigenvalue weighted by Crippen LogP contribution is 2.24. The first-order valence-electron chi connectivity index (χ1n) is 5.40. The van der Waals surface area contributed by atoms with Crippen LogP contribution in [0.2, 0.25) is 5.02 Å². The molecule has 0 aliphatic rings. The minimum absolute atomic E-state index is 0.168. The van der Waals surface area contributed by atoms with E-state index in [1.54, 1.807) is 24.3 Å². The Bertz CT molecular complexity index is 598. The molecule has 0 fully saturated rings. The first kappa shape index (κ1) is 13.1. The second-order valence-electron chi connectivity index (χ2n) is 3.88.